The van der Waals surface area contributed by atoms with Crippen molar-refractivity contribution in [3.8, 4) is 0 Å². The molecule has 1 heterocycles. The largest absolute Gasteiger partial charge is 0.345 e. The van der Waals surface area contributed by atoms with E-state index < -0.39 is 0 Å². The summed E-state index contributed by atoms with van der Waals surface area (Å²) in [5.74, 6) is 0. The van der Waals surface area contributed by atoms with Gasteiger partial charge >= 0.3 is 6.03 Å². The maximum Gasteiger partial charge on any atom is 0.318 e. The second-order valence-electron chi connectivity index (χ2n) is 7.78. The van der Waals surface area contributed by atoms with Crippen molar-refractivity contribution < 1.29 is 4.79 Å². The van der Waals surface area contributed by atoms with E-state index in [0.29, 0.717) is 12.6 Å². The van der Waals surface area contributed by atoms with Crippen molar-refractivity contribution in [1.29, 1.82) is 0 Å². The van der Waals surface area contributed by atoms with Crippen LogP contribution in [0.15, 0.2) is 48.7 Å². The summed E-state index contributed by atoms with van der Waals surface area (Å²) in [5, 5.41) is 3.29. The topological polar surface area (TPSA) is 37.3 Å². The van der Waals surface area contributed by atoms with Crippen molar-refractivity contribution in [2.75, 3.05) is 0 Å². The highest BCUT2D eigenvalue weighted by molar-refractivity contribution is 5.74. The van der Waals surface area contributed by atoms with Crippen molar-refractivity contribution >= 4 is 6.03 Å². The maximum absolute atomic E-state index is 13.0. The van der Waals surface area contributed by atoms with Gasteiger partial charge < -0.3 is 14.8 Å². The quantitative estimate of drug-likeness (QED) is 0.719. The van der Waals surface area contributed by atoms with Crippen LogP contribution >= 0.6 is 0 Å². The zero-order chi connectivity index (χ0) is 19.1. The lowest BCUT2D eigenvalue weighted by Gasteiger charge is -2.32. The molecule has 0 bridgehead atoms. The lowest BCUT2D eigenvalue weighted by molar-refractivity contribution is 0.165. The third-order valence-corrected chi connectivity index (χ3v) is 5.77. The molecule has 1 aromatic carbocycles. The van der Waals surface area contributed by atoms with Crippen molar-refractivity contribution in [1.82, 2.24) is 14.8 Å². The standard InChI is InChI=1S/C23H33N3O/c1-3-19(2)26(23(27)24-21-13-8-5-9-14-21)18-22-15-10-16-25(22)17-20-11-6-4-7-12-20/h4,6-7,10-12,15-16,19,21H,3,5,8-9,13-14,17-18H2,1-2H3,(H,24,27)/t19-/m1/s1. The van der Waals surface area contributed by atoms with Gasteiger partial charge in [-0.15, -0.1) is 0 Å². The molecule has 0 saturated heterocycles. The lowest BCUT2D eigenvalue weighted by Crippen LogP contribution is -2.48. The smallest absolute Gasteiger partial charge is 0.318 e. The normalized spacial score (nSPS) is 16.1. The fraction of sp³-hybridized carbons (Fsp3) is 0.522. The van der Waals surface area contributed by atoms with Gasteiger partial charge in [0.2, 0.25) is 0 Å². The molecule has 4 heteroatoms. The van der Waals surface area contributed by atoms with E-state index in [4.69, 9.17) is 0 Å². The summed E-state index contributed by atoms with van der Waals surface area (Å²) in [4.78, 5) is 15.0. The SMILES string of the molecule is CC[C@@H](C)N(Cc1cccn1Cc1ccccc1)C(=O)NC1CCCCC1. The minimum atomic E-state index is 0.0868. The molecule has 2 amide bonds. The molecule has 0 unspecified atom stereocenters. The molecule has 1 aliphatic carbocycles. The molecule has 0 spiro atoms. The molecule has 0 radical (unpaired) electrons. The summed E-state index contributed by atoms with van der Waals surface area (Å²) in [6, 6.07) is 15.3. The van der Waals surface area contributed by atoms with Gasteiger partial charge in [-0.25, -0.2) is 4.79 Å². The van der Waals surface area contributed by atoms with Gasteiger partial charge in [-0.2, -0.15) is 0 Å². The molecule has 1 fully saturated rings. The molecular formula is C23H33N3O. The summed E-state index contributed by atoms with van der Waals surface area (Å²) in [7, 11) is 0. The van der Waals surface area contributed by atoms with Gasteiger partial charge in [-0.05, 0) is 43.9 Å². The number of carbonyl (C=O) groups excluding carboxylic acids is 1. The van der Waals surface area contributed by atoms with Crippen LogP contribution in [0, 0.1) is 0 Å². The van der Waals surface area contributed by atoms with E-state index in [9.17, 15) is 4.79 Å². The van der Waals surface area contributed by atoms with Crippen molar-refractivity contribution in [2.24, 2.45) is 0 Å². The average Bonchev–Trinajstić information content (AvgIpc) is 3.13. The second-order valence-corrected chi connectivity index (χ2v) is 7.78. The number of rotatable bonds is 7. The highest BCUT2D eigenvalue weighted by atomic mass is 16.2. The Kier molecular flexibility index (Phi) is 6.97. The van der Waals surface area contributed by atoms with Crippen LogP contribution in [0.1, 0.15) is 63.6 Å². The monoisotopic (exact) mass is 367 g/mol. The maximum atomic E-state index is 13.0. The van der Waals surface area contributed by atoms with E-state index in [0.717, 1.165) is 25.8 Å². The van der Waals surface area contributed by atoms with Gasteiger partial charge in [0.05, 0.1) is 6.54 Å². The number of urea groups is 1. The summed E-state index contributed by atoms with van der Waals surface area (Å²) in [5.41, 5.74) is 2.45. The first kappa shape index (κ1) is 19.5. The number of aromatic nitrogens is 1. The van der Waals surface area contributed by atoms with Crippen LogP contribution in [-0.4, -0.2) is 27.6 Å². The van der Waals surface area contributed by atoms with Crippen LogP contribution in [-0.2, 0) is 13.1 Å². The van der Waals surface area contributed by atoms with Crippen LogP contribution in [0.3, 0.4) is 0 Å². The van der Waals surface area contributed by atoms with Gasteiger partial charge in [0.15, 0.2) is 0 Å². The number of benzene rings is 1. The number of hydrogen-bond donors (Lipinski definition) is 1. The van der Waals surface area contributed by atoms with Crippen LogP contribution in [0.4, 0.5) is 4.79 Å². The Balaban J connectivity index is 1.69. The molecule has 1 aliphatic rings. The van der Waals surface area contributed by atoms with E-state index in [1.54, 1.807) is 0 Å². The number of nitrogens with one attached hydrogen (secondary N) is 1. The van der Waals surface area contributed by atoms with Gasteiger partial charge in [0.25, 0.3) is 0 Å². The molecule has 0 aliphatic heterocycles. The summed E-state index contributed by atoms with van der Waals surface area (Å²) >= 11 is 0. The fourth-order valence-corrected chi connectivity index (χ4v) is 3.85. The van der Waals surface area contributed by atoms with Crippen molar-refractivity contribution in [2.45, 2.75) is 77.5 Å². The molecule has 1 atom stereocenters. The van der Waals surface area contributed by atoms with E-state index in [2.05, 4.69) is 66.3 Å². The van der Waals surface area contributed by atoms with Gasteiger partial charge in [-0.3, -0.25) is 0 Å². The van der Waals surface area contributed by atoms with Crippen molar-refractivity contribution in [3.63, 3.8) is 0 Å². The van der Waals surface area contributed by atoms with Crippen LogP contribution in [0.5, 0.6) is 0 Å². The number of nitrogens with zero attached hydrogens (tertiary/aromatic N) is 2. The summed E-state index contributed by atoms with van der Waals surface area (Å²) in [6.45, 7) is 5.77. The summed E-state index contributed by atoms with van der Waals surface area (Å²) in [6.07, 6.45) is 9.06. The highest BCUT2D eigenvalue weighted by Crippen LogP contribution is 2.19. The Morgan fingerprint density at radius 3 is 2.59 bits per heavy atom. The van der Waals surface area contributed by atoms with Gasteiger partial charge in [-0.1, -0.05) is 56.5 Å². The van der Waals surface area contributed by atoms with E-state index in [1.165, 1.54) is 30.5 Å². The Morgan fingerprint density at radius 1 is 1.15 bits per heavy atom. The molecule has 146 valence electrons. The lowest BCUT2D eigenvalue weighted by atomic mass is 9.96. The predicted octanol–water partition coefficient (Wildman–Crippen LogP) is 5.18. The third-order valence-electron chi connectivity index (χ3n) is 5.77. The Labute approximate surface area is 163 Å². The average molecular weight is 368 g/mol. The van der Waals surface area contributed by atoms with E-state index in [-0.39, 0.29) is 12.1 Å². The molecule has 1 N–H and O–H groups in total. The Morgan fingerprint density at radius 2 is 1.89 bits per heavy atom. The first-order chi connectivity index (χ1) is 13.2. The Bertz CT molecular complexity index is 703. The number of hydrogen-bond acceptors (Lipinski definition) is 1. The molecule has 1 aromatic heterocycles. The second kappa shape index (κ2) is 9.63. The minimum absolute atomic E-state index is 0.0868. The van der Waals surface area contributed by atoms with E-state index >= 15 is 0 Å². The zero-order valence-corrected chi connectivity index (χ0v) is 16.7. The molecule has 2 aromatic rings. The predicted molar refractivity (Wildman–Crippen MR) is 111 cm³/mol. The van der Waals surface area contributed by atoms with Crippen molar-refractivity contribution in [3.05, 3.63) is 59.9 Å². The number of carbonyl (C=O) groups is 1. The van der Waals surface area contributed by atoms with E-state index in [1.807, 2.05) is 11.0 Å². The summed E-state index contributed by atoms with van der Waals surface area (Å²) < 4.78 is 2.25. The zero-order valence-electron chi connectivity index (χ0n) is 16.7. The minimum Gasteiger partial charge on any atom is -0.345 e. The molecular weight excluding hydrogens is 334 g/mol. The van der Waals surface area contributed by atoms with Crippen LogP contribution < -0.4 is 5.32 Å². The fourth-order valence-electron chi connectivity index (χ4n) is 3.85. The third kappa shape index (κ3) is 5.38. The van der Waals surface area contributed by atoms with Gasteiger partial charge in [0, 0.05) is 30.5 Å². The number of amides is 2. The molecule has 1 saturated carbocycles. The van der Waals surface area contributed by atoms with Crippen LogP contribution in [0.25, 0.3) is 0 Å². The van der Waals surface area contributed by atoms with Crippen LogP contribution in [0.2, 0.25) is 0 Å². The molecule has 4 nitrogen and oxygen atoms in total. The first-order valence-electron chi connectivity index (χ1n) is 10.4. The molecule has 27 heavy (non-hydrogen) atoms. The van der Waals surface area contributed by atoms with Gasteiger partial charge in [0.1, 0.15) is 0 Å². The first-order valence-corrected chi connectivity index (χ1v) is 10.4. The Hall–Kier alpha value is -2.23. The molecule has 3 rings (SSSR count). The highest BCUT2D eigenvalue weighted by Gasteiger charge is 2.24.